The van der Waals surface area contributed by atoms with E-state index in [0.29, 0.717) is 10.8 Å². The first kappa shape index (κ1) is 14.7. The number of anilines is 1. The van der Waals surface area contributed by atoms with Crippen molar-refractivity contribution < 1.29 is 4.74 Å². The molecule has 0 heterocycles. The Morgan fingerprint density at radius 1 is 1.00 bits per heavy atom. The number of rotatable bonds is 4. The highest BCUT2D eigenvalue weighted by molar-refractivity contribution is 6.32. The number of ether oxygens (including phenoxy) is 1. The Balaban J connectivity index is 2.13. The highest BCUT2D eigenvalue weighted by Crippen LogP contribution is 2.27. The zero-order valence-electron chi connectivity index (χ0n) is 12.4. The highest BCUT2D eigenvalue weighted by Gasteiger charge is 2.04. The maximum atomic E-state index is 6.12. The molecule has 2 aromatic rings. The van der Waals surface area contributed by atoms with Crippen molar-refractivity contribution in [3.63, 3.8) is 0 Å². The van der Waals surface area contributed by atoms with Gasteiger partial charge in [-0.1, -0.05) is 23.7 Å². The quantitative estimate of drug-likeness (QED) is 0.865. The maximum absolute atomic E-state index is 6.12. The van der Waals surface area contributed by atoms with Gasteiger partial charge in [-0.2, -0.15) is 0 Å². The predicted octanol–water partition coefficient (Wildman–Crippen LogP) is 4.89. The van der Waals surface area contributed by atoms with Gasteiger partial charge in [-0.3, -0.25) is 0 Å². The van der Waals surface area contributed by atoms with Crippen LogP contribution in [0.3, 0.4) is 0 Å². The molecule has 0 atom stereocenters. The Morgan fingerprint density at radius 3 is 2.35 bits per heavy atom. The Morgan fingerprint density at radius 2 is 1.70 bits per heavy atom. The van der Waals surface area contributed by atoms with Gasteiger partial charge in [0.1, 0.15) is 5.75 Å². The second-order valence-electron chi connectivity index (χ2n) is 5.07. The minimum absolute atomic E-state index is 0.620. The summed E-state index contributed by atoms with van der Waals surface area (Å²) in [6.45, 7) is 7.21. The van der Waals surface area contributed by atoms with Gasteiger partial charge in [0, 0.05) is 12.2 Å². The summed E-state index contributed by atoms with van der Waals surface area (Å²) in [5, 5.41) is 4.02. The maximum Gasteiger partial charge on any atom is 0.137 e. The van der Waals surface area contributed by atoms with E-state index in [2.05, 4.69) is 38.2 Å². The lowest BCUT2D eigenvalue weighted by molar-refractivity contribution is 0.415. The van der Waals surface area contributed by atoms with Crippen molar-refractivity contribution in [2.75, 3.05) is 12.4 Å². The summed E-state index contributed by atoms with van der Waals surface area (Å²) in [4.78, 5) is 0. The van der Waals surface area contributed by atoms with Crippen LogP contribution < -0.4 is 10.1 Å². The summed E-state index contributed by atoms with van der Waals surface area (Å²) < 4.78 is 5.15. The zero-order valence-corrected chi connectivity index (χ0v) is 13.1. The summed E-state index contributed by atoms with van der Waals surface area (Å²) in [5.74, 6) is 0.694. The Bertz CT molecular complexity index is 623. The number of methoxy groups -OCH3 is 1. The van der Waals surface area contributed by atoms with Crippen molar-refractivity contribution in [1.29, 1.82) is 0 Å². The first-order valence-electron chi connectivity index (χ1n) is 6.65. The number of hydrogen-bond donors (Lipinski definition) is 1. The average Bonchev–Trinajstić information content (AvgIpc) is 2.41. The van der Waals surface area contributed by atoms with Gasteiger partial charge in [0.2, 0.25) is 0 Å². The van der Waals surface area contributed by atoms with E-state index in [1.165, 1.54) is 22.3 Å². The number of nitrogens with one attached hydrogen (secondary N) is 1. The van der Waals surface area contributed by atoms with E-state index in [0.717, 1.165) is 12.2 Å². The van der Waals surface area contributed by atoms with Crippen molar-refractivity contribution in [3.8, 4) is 5.75 Å². The molecule has 0 saturated heterocycles. The molecular formula is C17H20ClNO. The van der Waals surface area contributed by atoms with E-state index in [-0.39, 0.29) is 0 Å². The van der Waals surface area contributed by atoms with Crippen molar-refractivity contribution in [1.82, 2.24) is 0 Å². The Kier molecular flexibility index (Phi) is 4.56. The van der Waals surface area contributed by atoms with Crippen LogP contribution in [0.4, 0.5) is 5.69 Å². The van der Waals surface area contributed by atoms with Gasteiger partial charge in [-0.05, 0) is 61.2 Å². The molecule has 0 unspecified atom stereocenters. The molecule has 0 radical (unpaired) electrons. The van der Waals surface area contributed by atoms with Gasteiger partial charge in [-0.15, -0.1) is 0 Å². The fourth-order valence-corrected chi connectivity index (χ4v) is 2.44. The average molecular weight is 290 g/mol. The van der Waals surface area contributed by atoms with Crippen LogP contribution in [0.25, 0.3) is 0 Å². The highest BCUT2D eigenvalue weighted by atomic mass is 35.5. The fourth-order valence-electron chi connectivity index (χ4n) is 2.18. The van der Waals surface area contributed by atoms with Crippen LogP contribution in [0.1, 0.15) is 22.3 Å². The molecule has 0 aromatic heterocycles. The first-order valence-corrected chi connectivity index (χ1v) is 7.03. The van der Waals surface area contributed by atoms with Crippen LogP contribution >= 0.6 is 11.6 Å². The molecule has 0 aliphatic rings. The van der Waals surface area contributed by atoms with Gasteiger partial charge in [0.25, 0.3) is 0 Å². The Hall–Kier alpha value is -1.67. The van der Waals surface area contributed by atoms with Crippen LogP contribution in [0.2, 0.25) is 5.02 Å². The van der Waals surface area contributed by atoms with E-state index >= 15 is 0 Å². The van der Waals surface area contributed by atoms with E-state index in [4.69, 9.17) is 16.3 Å². The molecule has 0 bridgehead atoms. The lowest BCUT2D eigenvalue weighted by Gasteiger charge is -2.13. The predicted molar refractivity (Wildman–Crippen MR) is 86.0 cm³/mol. The van der Waals surface area contributed by atoms with Gasteiger partial charge < -0.3 is 10.1 Å². The number of hydrogen-bond acceptors (Lipinski definition) is 2. The zero-order chi connectivity index (χ0) is 14.7. The van der Waals surface area contributed by atoms with E-state index in [1.807, 2.05) is 18.2 Å². The van der Waals surface area contributed by atoms with Crippen LogP contribution in [0, 0.1) is 20.8 Å². The molecular weight excluding hydrogens is 270 g/mol. The molecule has 106 valence electrons. The van der Waals surface area contributed by atoms with Gasteiger partial charge in [0.15, 0.2) is 0 Å². The molecule has 20 heavy (non-hydrogen) atoms. The second-order valence-corrected chi connectivity index (χ2v) is 5.47. The van der Waals surface area contributed by atoms with Crippen molar-refractivity contribution in [2.24, 2.45) is 0 Å². The first-order chi connectivity index (χ1) is 9.51. The van der Waals surface area contributed by atoms with Gasteiger partial charge in [-0.25, -0.2) is 0 Å². The van der Waals surface area contributed by atoms with E-state index in [1.54, 1.807) is 7.11 Å². The minimum atomic E-state index is 0.620. The molecule has 0 fully saturated rings. The van der Waals surface area contributed by atoms with Gasteiger partial charge >= 0.3 is 0 Å². The molecule has 1 N–H and O–H groups in total. The second kappa shape index (κ2) is 6.19. The van der Waals surface area contributed by atoms with Crippen LogP contribution in [0.5, 0.6) is 5.75 Å². The lowest BCUT2D eigenvalue weighted by atomic mass is 10.0. The summed E-state index contributed by atoms with van der Waals surface area (Å²) in [6.07, 6.45) is 0. The third-order valence-corrected chi connectivity index (χ3v) is 3.88. The van der Waals surface area contributed by atoms with Crippen LogP contribution in [0.15, 0.2) is 30.3 Å². The molecule has 0 spiro atoms. The molecule has 3 heteroatoms. The lowest BCUT2D eigenvalue weighted by Crippen LogP contribution is -2.02. The summed E-state index contributed by atoms with van der Waals surface area (Å²) in [7, 11) is 1.62. The topological polar surface area (TPSA) is 21.3 Å². The normalized spacial score (nSPS) is 10.4. The Labute approximate surface area is 125 Å². The molecule has 2 aromatic carbocycles. The molecule has 2 nitrogen and oxygen atoms in total. The summed E-state index contributed by atoms with van der Waals surface area (Å²) in [6, 6.07) is 10.2. The fraction of sp³-hybridized carbons (Fsp3) is 0.294. The number of benzene rings is 2. The van der Waals surface area contributed by atoms with Crippen molar-refractivity contribution in [2.45, 2.75) is 27.3 Å². The monoisotopic (exact) mass is 289 g/mol. The molecule has 0 aliphatic heterocycles. The largest absolute Gasteiger partial charge is 0.495 e. The van der Waals surface area contributed by atoms with E-state index in [9.17, 15) is 0 Å². The third kappa shape index (κ3) is 3.26. The molecule has 0 amide bonds. The summed E-state index contributed by atoms with van der Waals surface area (Å²) >= 11 is 6.12. The van der Waals surface area contributed by atoms with Gasteiger partial charge in [0.05, 0.1) is 12.1 Å². The van der Waals surface area contributed by atoms with Crippen LogP contribution in [-0.4, -0.2) is 7.11 Å². The van der Waals surface area contributed by atoms with E-state index < -0.39 is 0 Å². The standard InChI is InChI=1S/C17H20ClNO/c1-11-7-13(3)14(8-12(11)2)10-19-15-5-6-17(20-4)16(18)9-15/h5-9,19H,10H2,1-4H3. The van der Waals surface area contributed by atoms with Crippen molar-refractivity contribution in [3.05, 3.63) is 57.6 Å². The molecule has 0 aliphatic carbocycles. The number of aryl methyl sites for hydroxylation is 3. The minimum Gasteiger partial charge on any atom is -0.495 e. The summed E-state index contributed by atoms with van der Waals surface area (Å²) in [5.41, 5.74) is 6.26. The molecule has 0 saturated carbocycles. The molecule has 2 rings (SSSR count). The third-order valence-electron chi connectivity index (χ3n) is 3.59. The SMILES string of the molecule is COc1ccc(NCc2cc(C)c(C)cc2C)cc1Cl. The van der Waals surface area contributed by atoms with Crippen molar-refractivity contribution >= 4 is 17.3 Å². The smallest absolute Gasteiger partial charge is 0.137 e. The van der Waals surface area contributed by atoms with Crippen LogP contribution in [-0.2, 0) is 6.54 Å². The number of halogens is 1.